The number of ether oxygens (including phenoxy) is 1. The minimum Gasteiger partial charge on any atom is -0.366 e. The lowest BCUT2D eigenvalue weighted by Crippen LogP contribution is -2.09. The first-order valence-corrected chi connectivity index (χ1v) is 9.85. The maximum Gasteiger partial charge on any atom is 0.130 e. The van der Waals surface area contributed by atoms with Gasteiger partial charge in [0.15, 0.2) is 0 Å². The van der Waals surface area contributed by atoms with Gasteiger partial charge in [0, 0.05) is 6.42 Å². The molecule has 0 aromatic rings. The van der Waals surface area contributed by atoms with E-state index in [2.05, 4.69) is 52.8 Å². The molecule has 2 atom stereocenters. The molecule has 0 aliphatic carbocycles. The Hall–Kier alpha value is -1.15. The maximum absolute atomic E-state index is 11.0. The summed E-state index contributed by atoms with van der Waals surface area (Å²) in [5, 5.41) is 0. The number of rotatable bonds is 12. The van der Waals surface area contributed by atoms with Crippen LogP contribution in [0.4, 0.5) is 0 Å². The van der Waals surface area contributed by atoms with Crippen molar-refractivity contribution in [1.29, 1.82) is 0 Å². The Morgan fingerprint density at radius 3 is 2.12 bits per heavy atom. The first-order valence-electron chi connectivity index (χ1n) is 9.85. The fourth-order valence-electron chi connectivity index (χ4n) is 3.15. The zero-order chi connectivity index (χ0) is 18.9. The summed E-state index contributed by atoms with van der Waals surface area (Å²) >= 11 is 0. The second kappa shape index (κ2) is 10.8. The summed E-state index contributed by atoms with van der Waals surface area (Å²) in [5.74, 6) is 0.270. The topological polar surface area (TPSA) is 29.6 Å². The van der Waals surface area contributed by atoms with Gasteiger partial charge in [-0.25, -0.2) is 0 Å². The summed E-state index contributed by atoms with van der Waals surface area (Å²) in [5.41, 5.74) is 4.35. The van der Waals surface area contributed by atoms with Crippen LogP contribution in [0.15, 0.2) is 34.9 Å². The third kappa shape index (κ3) is 9.79. The molecule has 0 aromatic carbocycles. The molecule has 1 heterocycles. The van der Waals surface area contributed by atoms with Crippen LogP contribution in [0.1, 0.15) is 92.9 Å². The Morgan fingerprint density at radius 2 is 1.48 bits per heavy atom. The van der Waals surface area contributed by atoms with E-state index in [-0.39, 0.29) is 11.4 Å². The second-order valence-electron chi connectivity index (χ2n) is 8.16. The van der Waals surface area contributed by atoms with E-state index in [9.17, 15) is 4.79 Å². The highest BCUT2D eigenvalue weighted by molar-refractivity contribution is 5.75. The first kappa shape index (κ1) is 21.9. The van der Waals surface area contributed by atoms with E-state index in [1.807, 2.05) is 0 Å². The van der Waals surface area contributed by atoms with E-state index in [1.165, 1.54) is 16.7 Å². The summed E-state index contributed by atoms with van der Waals surface area (Å²) < 4.78 is 5.97. The molecule has 0 aromatic heterocycles. The lowest BCUT2D eigenvalue weighted by atomic mass is 9.96. The fraction of sp³-hybridized carbons (Fsp3) is 0.696. The Balaban J connectivity index is 2.22. The molecule has 1 fully saturated rings. The molecule has 0 N–H and O–H groups in total. The van der Waals surface area contributed by atoms with E-state index >= 15 is 0 Å². The molecule has 0 spiro atoms. The van der Waals surface area contributed by atoms with E-state index in [1.54, 1.807) is 6.92 Å². The van der Waals surface area contributed by atoms with Gasteiger partial charge >= 0.3 is 0 Å². The molecule has 1 rings (SSSR count). The Labute approximate surface area is 155 Å². The minimum absolute atomic E-state index is 0.0797. The van der Waals surface area contributed by atoms with Gasteiger partial charge in [-0.05, 0) is 86.5 Å². The Bertz CT molecular complexity index is 520. The van der Waals surface area contributed by atoms with E-state index in [4.69, 9.17) is 4.74 Å². The number of epoxide rings is 1. The van der Waals surface area contributed by atoms with Crippen LogP contribution in [0.2, 0.25) is 0 Å². The molecule has 0 amide bonds. The standard InChI is InChI=1S/C23H38O2/c1-18(2)10-7-11-19(3)13-9-17-23(6)22(25-23)16-15-20(4)12-8-14-21(5)24/h10,12-13,22H,7-9,11,14-17H2,1-6H3/b19-13+,20-12-. The van der Waals surface area contributed by atoms with E-state index < -0.39 is 0 Å². The SMILES string of the molecule is CC(=O)CC/C=C(/C)CCC1OC1(C)CC/C=C(\C)CCC=C(C)C. The van der Waals surface area contributed by atoms with Crippen molar-refractivity contribution < 1.29 is 9.53 Å². The average molecular weight is 347 g/mol. The predicted octanol–water partition coefficient (Wildman–Crippen LogP) is 6.71. The van der Waals surface area contributed by atoms with Crippen molar-refractivity contribution >= 4 is 5.78 Å². The normalized spacial score (nSPS) is 23.5. The zero-order valence-electron chi connectivity index (χ0n) is 17.3. The van der Waals surface area contributed by atoms with Crippen molar-refractivity contribution in [2.45, 2.75) is 105 Å². The van der Waals surface area contributed by atoms with Crippen molar-refractivity contribution in [3.05, 3.63) is 34.9 Å². The van der Waals surface area contributed by atoms with E-state index in [0.29, 0.717) is 12.5 Å². The van der Waals surface area contributed by atoms with Gasteiger partial charge in [0.1, 0.15) is 5.78 Å². The van der Waals surface area contributed by atoms with Gasteiger partial charge in [0.2, 0.25) is 0 Å². The molecule has 1 aliphatic rings. The molecule has 2 heteroatoms. The van der Waals surface area contributed by atoms with Gasteiger partial charge in [-0.2, -0.15) is 0 Å². The van der Waals surface area contributed by atoms with Crippen molar-refractivity contribution in [3.8, 4) is 0 Å². The van der Waals surface area contributed by atoms with Gasteiger partial charge in [-0.3, -0.25) is 0 Å². The Kier molecular flexibility index (Phi) is 9.42. The first-order chi connectivity index (χ1) is 11.7. The summed E-state index contributed by atoms with van der Waals surface area (Å²) in [4.78, 5) is 11.0. The van der Waals surface area contributed by atoms with Crippen LogP contribution in [0.25, 0.3) is 0 Å². The molecule has 0 radical (unpaired) electrons. The molecule has 2 unspecified atom stereocenters. The van der Waals surface area contributed by atoms with Gasteiger partial charge in [-0.15, -0.1) is 0 Å². The molecule has 2 nitrogen and oxygen atoms in total. The predicted molar refractivity (Wildman–Crippen MR) is 108 cm³/mol. The second-order valence-corrected chi connectivity index (χ2v) is 8.16. The molecule has 0 bridgehead atoms. The van der Waals surface area contributed by atoms with Crippen LogP contribution in [0.5, 0.6) is 0 Å². The summed E-state index contributed by atoms with van der Waals surface area (Å²) in [6.07, 6.45) is 15.6. The number of carbonyl (C=O) groups excluding carboxylic acids is 1. The van der Waals surface area contributed by atoms with Crippen LogP contribution in [-0.4, -0.2) is 17.5 Å². The molecular weight excluding hydrogens is 308 g/mol. The molecule has 1 saturated heterocycles. The van der Waals surface area contributed by atoms with E-state index in [0.717, 1.165) is 44.9 Å². The van der Waals surface area contributed by atoms with Crippen LogP contribution in [-0.2, 0) is 9.53 Å². The van der Waals surface area contributed by atoms with Crippen molar-refractivity contribution in [2.24, 2.45) is 0 Å². The fourth-order valence-corrected chi connectivity index (χ4v) is 3.15. The van der Waals surface area contributed by atoms with Crippen molar-refractivity contribution in [3.63, 3.8) is 0 Å². The number of Topliss-reactive ketones (excluding diaryl/α,β-unsaturated/α-hetero) is 1. The number of carbonyl (C=O) groups is 1. The number of hydrogen-bond donors (Lipinski definition) is 0. The number of allylic oxidation sites excluding steroid dienone is 6. The monoisotopic (exact) mass is 346 g/mol. The molecule has 0 saturated carbocycles. The highest BCUT2D eigenvalue weighted by Crippen LogP contribution is 2.43. The van der Waals surface area contributed by atoms with Crippen LogP contribution >= 0.6 is 0 Å². The average Bonchev–Trinajstić information content (AvgIpc) is 3.15. The van der Waals surface area contributed by atoms with Crippen molar-refractivity contribution in [1.82, 2.24) is 0 Å². The third-order valence-electron chi connectivity index (χ3n) is 5.05. The third-order valence-corrected chi connectivity index (χ3v) is 5.05. The molecule has 1 aliphatic heterocycles. The van der Waals surface area contributed by atoms with Crippen LogP contribution in [0, 0.1) is 0 Å². The highest BCUT2D eigenvalue weighted by Gasteiger charge is 2.50. The minimum atomic E-state index is 0.0797. The van der Waals surface area contributed by atoms with Gasteiger partial charge < -0.3 is 9.53 Å². The molecule has 25 heavy (non-hydrogen) atoms. The van der Waals surface area contributed by atoms with Gasteiger partial charge in [-0.1, -0.05) is 34.9 Å². The molecular formula is C23H38O2. The lowest BCUT2D eigenvalue weighted by Gasteiger charge is -2.06. The van der Waals surface area contributed by atoms with Crippen LogP contribution < -0.4 is 0 Å². The zero-order valence-corrected chi connectivity index (χ0v) is 17.3. The largest absolute Gasteiger partial charge is 0.366 e. The number of hydrogen-bond acceptors (Lipinski definition) is 2. The summed E-state index contributed by atoms with van der Waals surface area (Å²) in [6.45, 7) is 12.6. The highest BCUT2D eigenvalue weighted by atomic mass is 16.6. The van der Waals surface area contributed by atoms with Crippen molar-refractivity contribution in [2.75, 3.05) is 0 Å². The number of ketones is 1. The van der Waals surface area contributed by atoms with Crippen LogP contribution in [0.3, 0.4) is 0 Å². The lowest BCUT2D eigenvalue weighted by molar-refractivity contribution is -0.116. The smallest absolute Gasteiger partial charge is 0.130 e. The molecule has 142 valence electrons. The van der Waals surface area contributed by atoms with Gasteiger partial charge in [0.25, 0.3) is 0 Å². The quantitative estimate of drug-likeness (QED) is 0.290. The summed E-state index contributed by atoms with van der Waals surface area (Å²) in [6, 6.07) is 0. The Morgan fingerprint density at radius 1 is 0.880 bits per heavy atom. The van der Waals surface area contributed by atoms with Gasteiger partial charge in [0.05, 0.1) is 11.7 Å². The maximum atomic E-state index is 11.0. The summed E-state index contributed by atoms with van der Waals surface area (Å²) in [7, 11) is 0.